The number of anilines is 1. The summed E-state index contributed by atoms with van der Waals surface area (Å²) in [6, 6.07) is 5.43. The largest absolute Gasteiger partial charge is 0.394 e. The molecular formula is C15H25FN2O. The van der Waals surface area contributed by atoms with Crippen LogP contribution in [0, 0.1) is 5.82 Å². The van der Waals surface area contributed by atoms with E-state index < -0.39 is 5.54 Å². The molecule has 2 N–H and O–H groups in total. The maximum absolute atomic E-state index is 14.1. The quantitative estimate of drug-likeness (QED) is 0.832. The highest BCUT2D eigenvalue weighted by atomic mass is 19.1. The number of aliphatic hydroxyl groups is 1. The lowest BCUT2D eigenvalue weighted by molar-refractivity contribution is 0.215. The van der Waals surface area contributed by atoms with Gasteiger partial charge in [0.25, 0.3) is 0 Å². The number of likely N-dealkylation sites (N-methyl/N-ethyl adjacent to an activating group) is 1. The number of aliphatic hydroxyl groups excluding tert-OH is 1. The van der Waals surface area contributed by atoms with Crippen molar-refractivity contribution in [1.29, 1.82) is 0 Å². The van der Waals surface area contributed by atoms with Crippen molar-refractivity contribution in [2.45, 2.75) is 45.8 Å². The van der Waals surface area contributed by atoms with E-state index in [4.69, 9.17) is 0 Å². The molecule has 0 aliphatic rings. The molecule has 1 aromatic carbocycles. The van der Waals surface area contributed by atoms with Crippen molar-refractivity contribution in [3.8, 4) is 0 Å². The van der Waals surface area contributed by atoms with E-state index in [0.29, 0.717) is 18.3 Å². The third kappa shape index (κ3) is 3.91. The molecule has 1 aromatic rings. The third-order valence-corrected chi connectivity index (χ3v) is 3.40. The van der Waals surface area contributed by atoms with Crippen LogP contribution in [-0.2, 0) is 6.54 Å². The van der Waals surface area contributed by atoms with Gasteiger partial charge in [0.15, 0.2) is 0 Å². The molecule has 0 radical (unpaired) electrons. The minimum absolute atomic E-state index is 0.0329. The maximum atomic E-state index is 14.1. The van der Waals surface area contributed by atoms with Crippen molar-refractivity contribution in [2.24, 2.45) is 0 Å². The van der Waals surface area contributed by atoms with Crippen LogP contribution in [0.25, 0.3) is 0 Å². The van der Waals surface area contributed by atoms with Gasteiger partial charge in [0.2, 0.25) is 0 Å². The topological polar surface area (TPSA) is 35.5 Å². The summed E-state index contributed by atoms with van der Waals surface area (Å²) in [5.74, 6) is -0.257. The minimum atomic E-state index is -0.505. The molecule has 0 aromatic heterocycles. The van der Waals surface area contributed by atoms with Crippen LogP contribution in [0.1, 0.15) is 33.3 Å². The smallest absolute Gasteiger partial charge is 0.146 e. The van der Waals surface area contributed by atoms with Crippen LogP contribution in [0.4, 0.5) is 10.1 Å². The predicted molar refractivity (Wildman–Crippen MR) is 77.9 cm³/mol. The van der Waals surface area contributed by atoms with Gasteiger partial charge in [-0.15, -0.1) is 0 Å². The van der Waals surface area contributed by atoms with Crippen molar-refractivity contribution in [3.63, 3.8) is 0 Å². The number of para-hydroxylation sites is 1. The predicted octanol–water partition coefficient (Wildman–Crippen LogP) is 2.53. The second-order valence-electron chi connectivity index (χ2n) is 5.81. The summed E-state index contributed by atoms with van der Waals surface area (Å²) < 4.78 is 14.1. The fourth-order valence-electron chi connectivity index (χ4n) is 1.80. The molecule has 19 heavy (non-hydrogen) atoms. The summed E-state index contributed by atoms with van der Waals surface area (Å²) in [7, 11) is 1.81. The highest BCUT2D eigenvalue weighted by Crippen LogP contribution is 2.29. The second-order valence-corrected chi connectivity index (χ2v) is 5.81. The highest BCUT2D eigenvalue weighted by molar-refractivity contribution is 5.56. The SMILES string of the molecule is CC(C)NCc1cccc(F)c1N(C)C(C)(C)CO. The van der Waals surface area contributed by atoms with Crippen LogP contribution in [-0.4, -0.2) is 30.3 Å². The molecule has 0 spiro atoms. The Morgan fingerprint density at radius 3 is 2.53 bits per heavy atom. The zero-order valence-electron chi connectivity index (χ0n) is 12.5. The Kier molecular flexibility index (Phi) is 5.32. The molecule has 0 heterocycles. The molecule has 0 aliphatic heterocycles. The summed E-state index contributed by atoms with van der Waals surface area (Å²) in [4.78, 5) is 1.81. The number of benzene rings is 1. The third-order valence-electron chi connectivity index (χ3n) is 3.40. The Hall–Kier alpha value is -1.13. The van der Waals surface area contributed by atoms with Crippen molar-refractivity contribution in [3.05, 3.63) is 29.6 Å². The van der Waals surface area contributed by atoms with Crippen LogP contribution in [0.3, 0.4) is 0 Å². The van der Waals surface area contributed by atoms with Gasteiger partial charge in [0.1, 0.15) is 5.82 Å². The molecule has 1 rings (SSSR count). The second kappa shape index (κ2) is 6.35. The van der Waals surface area contributed by atoms with Gasteiger partial charge in [-0.2, -0.15) is 0 Å². The van der Waals surface area contributed by atoms with E-state index in [1.165, 1.54) is 6.07 Å². The Balaban J connectivity index is 3.10. The van der Waals surface area contributed by atoms with Crippen molar-refractivity contribution in [2.75, 3.05) is 18.6 Å². The Labute approximate surface area is 115 Å². The van der Waals surface area contributed by atoms with Crippen LogP contribution >= 0.6 is 0 Å². The first kappa shape index (κ1) is 15.9. The molecule has 0 bridgehead atoms. The van der Waals surface area contributed by atoms with Crippen LogP contribution in [0.5, 0.6) is 0 Å². The number of rotatable bonds is 6. The van der Waals surface area contributed by atoms with Gasteiger partial charge in [-0.3, -0.25) is 0 Å². The molecule has 0 atom stereocenters. The Morgan fingerprint density at radius 1 is 1.37 bits per heavy atom. The standard InChI is InChI=1S/C15H25FN2O/c1-11(2)17-9-12-7-6-8-13(16)14(12)18(5)15(3,4)10-19/h6-8,11,17,19H,9-10H2,1-5H3. The van der Waals surface area contributed by atoms with Crippen LogP contribution < -0.4 is 10.2 Å². The minimum Gasteiger partial charge on any atom is -0.394 e. The number of halogens is 1. The summed E-state index contributed by atoms with van der Waals surface area (Å²) in [6.45, 7) is 8.46. The van der Waals surface area contributed by atoms with Gasteiger partial charge >= 0.3 is 0 Å². The zero-order chi connectivity index (χ0) is 14.6. The van der Waals surface area contributed by atoms with E-state index in [1.54, 1.807) is 11.0 Å². The molecule has 0 fully saturated rings. The summed E-state index contributed by atoms with van der Waals surface area (Å²) in [6.07, 6.45) is 0. The average molecular weight is 268 g/mol. The lowest BCUT2D eigenvalue weighted by Crippen LogP contribution is -2.45. The first-order valence-electron chi connectivity index (χ1n) is 6.65. The fourth-order valence-corrected chi connectivity index (χ4v) is 1.80. The molecule has 0 saturated carbocycles. The van der Waals surface area contributed by atoms with Gasteiger partial charge < -0.3 is 15.3 Å². The molecule has 4 heteroatoms. The van der Waals surface area contributed by atoms with E-state index in [9.17, 15) is 9.50 Å². The molecule has 108 valence electrons. The van der Waals surface area contributed by atoms with E-state index in [2.05, 4.69) is 19.2 Å². The number of hydrogen-bond donors (Lipinski definition) is 2. The summed E-state index contributed by atoms with van der Waals surface area (Å²) >= 11 is 0. The van der Waals surface area contributed by atoms with Gasteiger partial charge in [0.05, 0.1) is 17.8 Å². The van der Waals surface area contributed by atoms with Gasteiger partial charge in [-0.1, -0.05) is 26.0 Å². The molecule has 0 unspecified atom stereocenters. The summed E-state index contributed by atoms with van der Waals surface area (Å²) in [5.41, 5.74) is 0.946. The Bertz CT molecular complexity index is 419. The van der Waals surface area contributed by atoms with E-state index in [-0.39, 0.29) is 12.4 Å². The summed E-state index contributed by atoms with van der Waals surface area (Å²) in [5, 5.41) is 12.7. The molecule has 0 aliphatic carbocycles. The van der Waals surface area contributed by atoms with Gasteiger partial charge in [-0.05, 0) is 25.5 Å². The molecule has 0 amide bonds. The number of hydrogen-bond acceptors (Lipinski definition) is 3. The Morgan fingerprint density at radius 2 is 2.00 bits per heavy atom. The monoisotopic (exact) mass is 268 g/mol. The van der Waals surface area contributed by atoms with Crippen LogP contribution in [0.2, 0.25) is 0 Å². The van der Waals surface area contributed by atoms with Crippen molar-refractivity contribution in [1.82, 2.24) is 5.32 Å². The van der Waals surface area contributed by atoms with E-state index >= 15 is 0 Å². The van der Waals surface area contributed by atoms with Gasteiger partial charge in [-0.25, -0.2) is 4.39 Å². The molecular weight excluding hydrogens is 243 g/mol. The number of nitrogens with zero attached hydrogens (tertiary/aromatic N) is 1. The lowest BCUT2D eigenvalue weighted by atomic mass is 10.0. The highest BCUT2D eigenvalue weighted by Gasteiger charge is 2.26. The fraction of sp³-hybridized carbons (Fsp3) is 0.600. The first-order valence-corrected chi connectivity index (χ1v) is 6.65. The van der Waals surface area contributed by atoms with Crippen molar-refractivity contribution < 1.29 is 9.50 Å². The molecule has 3 nitrogen and oxygen atoms in total. The number of nitrogens with one attached hydrogen (secondary N) is 1. The average Bonchev–Trinajstić information content (AvgIpc) is 2.35. The van der Waals surface area contributed by atoms with Crippen molar-refractivity contribution >= 4 is 5.69 Å². The zero-order valence-corrected chi connectivity index (χ0v) is 12.5. The molecule has 0 saturated heterocycles. The lowest BCUT2D eigenvalue weighted by Gasteiger charge is -2.37. The van der Waals surface area contributed by atoms with E-state index in [1.807, 2.05) is 27.0 Å². The van der Waals surface area contributed by atoms with Crippen LogP contribution in [0.15, 0.2) is 18.2 Å². The van der Waals surface area contributed by atoms with Gasteiger partial charge in [0, 0.05) is 19.6 Å². The maximum Gasteiger partial charge on any atom is 0.146 e. The normalized spacial score (nSPS) is 12.0. The van der Waals surface area contributed by atoms with E-state index in [0.717, 1.165) is 5.56 Å². The first-order chi connectivity index (χ1) is 8.79.